The van der Waals surface area contributed by atoms with Gasteiger partial charge < -0.3 is 20.4 Å². The van der Waals surface area contributed by atoms with Crippen molar-refractivity contribution in [2.75, 3.05) is 6.54 Å². The fourth-order valence-corrected chi connectivity index (χ4v) is 2.67. The van der Waals surface area contributed by atoms with Crippen molar-refractivity contribution in [3.05, 3.63) is 75.6 Å². The Kier molecular flexibility index (Phi) is 5.44. The van der Waals surface area contributed by atoms with Gasteiger partial charge in [-0.15, -0.1) is 4.73 Å². The van der Waals surface area contributed by atoms with Gasteiger partial charge in [-0.25, -0.2) is 8.78 Å². The summed E-state index contributed by atoms with van der Waals surface area (Å²) in [5.74, 6) is -4.95. The monoisotopic (exact) mass is 404 g/mol. The van der Waals surface area contributed by atoms with Crippen LogP contribution in [0.3, 0.4) is 0 Å². The van der Waals surface area contributed by atoms with E-state index in [2.05, 4.69) is 0 Å². The molecule has 0 aliphatic carbocycles. The predicted molar refractivity (Wildman–Crippen MR) is 96.5 cm³/mol. The van der Waals surface area contributed by atoms with Gasteiger partial charge in [0.1, 0.15) is 30.5 Å². The van der Waals surface area contributed by atoms with Crippen LogP contribution in [0.25, 0.3) is 10.9 Å². The molecule has 1 amide bonds. The Morgan fingerprint density at radius 1 is 1.07 bits per heavy atom. The number of fused-ring (bicyclic) bond motifs is 1. The number of halogens is 2. The summed E-state index contributed by atoms with van der Waals surface area (Å²) in [5.41, 5.74) is -2.28. The maximum absolute atomic E-state index is 13.8. The molecule has 3 N–H and O–H groups in total. The van der Waals surface area contributed by atoms with E-state index in [0.29, 0.717) is 4.73 Å². The molecule has 0 bridgehead atoms. The number of hydrogen-bond acceptors (Lipinski definition) is 5. The van der Waals surface area contributed by atoms with Gasteiger partial charge in [-0.1, -0.05) is 18.2 Å². The van der Waals surface area contributed by atoms with E-state index in [4.69, 9.17) is 9.94 Å². The molecule has 8 nitrogen and oxygen atoms in total. The van der Waals surface area contributed by atoms with E-state index in [1.165, 1.54) is 30.3 Å². The van der Waals surface area contributed by atoms with Crippen LogP contribution in [0.2, 0.25) is 0 Å². The van der Waals surface area contributed by atoms with Crippen molar-refractivity contribution in [2.45, 2.75) is 6.61 Å². The van der Waals surface area contributed by atoms with Crippen molar-refractivity contribution in [2.24, 2.45) is 0 Å². The Balaban J connectivity index is 2.09. The van der Waals surface area contributed by atoms with Crippen molar-refractivity contribution in [3.8, 4) is 5.75 Å². The SMILES string of the molecule is O=C(O)CNC(=O)c1c(O)c2ccccc2n(OCc2c(F)cccc2F)c1=O. The number of pyridine rings is 1. The maximum atomic E-state index is 13.8. The van der Waals surface area contributed by atoms with Crippen molar-refractivity contribution in [3.63, 3.8) is 0 Å². The van der Waals surface area contributed by atoms with E-state index in [1.54, 1.807) is 0 Å². The predicted octanol–water partition coefficient (Wildman–Crippen LogP) is 1.43. The zero-order valence-electron chi connectivity index (χ0n) is 14.7. The molecule has 1 heterocycles. The summed E-state index contributed by atoms with van der Waals surface area (Å²) in [6.07, 6.45) is 0. The first kappa shape index (κ1) is 19.8. The number of nitrogens with zero attached hydrogens (tertiary/aromatic N) is 1. The molecule has 150 valence electrons. The molecule has 10 heteroatoms. The molecule has 0 spiro atoms. The first-order valence-electron chi connectivity index (χ1n) is 8.24. The summed E-state index contributed by atoms with van der Waals surface area (Å²) in [4.78, 5) is 40.9. The zero-order chi connectivity index (χ0) is 21.1. The molecule has 0 atom stereocenters. The van der Waals surface area contributed by atoms with Crippen molar-refractivity contribution in [1.82, 2.24) is 10.0 Å². The molecule has 1 aromatic heterocycles. The number of aromatic hydroxyl groups is 1. The highest BCUT2D eigenvalue weighted by Crippen LogP contribution is 2.26. The van der Waals surface area contributed by atoms with Crippen LogP contribution in [0.15, 0.2) is 47.3 Å². The minimum absolute atomic E-state index is 0.0431. The fourth-order valence-electron chi connectivity index (χ4n) is 2.67. The van der Waals surface area contributed by atoms with Crippen LogP contribution in [-0.2, 0) is 11.4 Å². The summed E-state index contributed by atoms with van der Waals surface area (Å²) in [6.45, 7) is -1.46. The number of carbonyl (C=O) groups is 2. The lowest BCUT2D eigenvalue weighted by Crippen LogP contribution is -2.37. The van der Waals surface area contributed by atoms with Gasteiger partial charge in [0.05, 0.1) is 11.1 Å². The number of aromatic nitrogens is 1. The highest BCUT2D eigenvalue weighted by Gasteiger charge is 2.23. The highest BCUT2D eigenvalue weighted by molar-refractivity contribution is 6.02. The van der Waals surface area contributed by atoms with Crippen LogP contribution >= 0.6 is 0 Å². The van der Waals surface area contributed by atoms with Gasteiger partial charge in [-0.3, -0.25) is 14.4 Å². The summed E-state index contributed by atoms with van der Waals surface area (Å²) in [6, 6.07) is 9.03. The molecule has 0 saturated carbocycles. The number of carboxylic acids is 1. The molecule has 2 aromatic carbocycles. The van der Waals surface area contributed by atoms with Gasteiger partial charge in [-0.2, -0.15) is 0 Å². The second-order valence-electron chi connectivity index (χ2n) is 5.89. The molecule has 0 aliphatic rings. The van der Waals surface area contributed by atoms with E-state index in [0.717, 1.165) is 12.1 Å². The molecular weight excluding hydrogens is 390 g/mol. The quantitative estimate of drug-likeness (QED) is 0.572. The zero-order valence-corrected chi connectivity index (χ0v) is 14.7. The third-order valence-electron chi connectivity index (χ3n) is 4.04. The van der Waals surface area contributed by atoms with E-state index < -0.39 is 59.1 Å². The first-order chi connectivity index (χ1) is 13.8. The molecule has 0 radical (unpaired) electrons. The highest BCUT2D eigenvalue weighted by atomic mass is 19.1. The minimum atomic E-state index is -1.36. The number of hydrogen-bond donors (Lipinski definition) is 3. The topological polar surface area (TPSA) is 118 Å². The van der Waals surface area contributed by atoms with E-state index in [-0.39, 0.29) is 10.9 Å². The van der Waals surface area contributed by atoms with Crippen LogP contribution in [0, 0.1) is 11.6 Å². The van der Waals surface area contributed by atoms with E-state index >= 15 is 0 Å². The Labute approximate surface area is 161 Å². The largest absolute Gasteiger partial charge is 0.506 e. The first-order valence-corrected chi connectivity index (χ1v) is 8.24. The second-order valence-corrected chi connectivity index (χ2v) is 5.89. The average molecular weight is 404 g/mol. The number of carboxylic acid groups (broad SMARTS) is 1. The number of amides is 1. The van der Waals surface area contributed by atoms with Crippen LogP contribution in [-0.4, -0.2) is 33.4 Å². The molecule has 0 unspecified atom stereocenters. The lowest BCUT2D eigenvalue weighted by molar-refractivity contribution is -0.135. The number of aliphatic carboxylic acids is 1. The van der Waals surface area contributed by atoms with Crippen LogP contribution < -0.4 is 15.7 Å². The molecule has 29 heavy (non-hydrogen) atoms. The third-order valence-corrected chi connectivity index (χ3v) is 4.04. The maximum Gasteiger partial charge on any atom is 0.322 e. The van der Waals surface area contributed by atoms with Gasteiger partial charge in [0.15, 0.2) is 5.56 Å². The molecule has 0 fully saturated rings. The number of nitrogens with one attached hydrogen (secondary N) is 1. The molecule has 0 saturated heterocycles. The fraction of sp³-hybridized carbons (Fsp3) is 0.105. The van der Waals surface area contributed by atoms with Crippen LogP contribution in [0.4, 0.5) is 8.78 Å². The Hall–Kier alpha value is -3.95. The summed E-state index contributed by atoms with van der Waals surface area (Å²) >= 11 is 0. The molecule has 0 aliphatic heterocycles. The average Bonchev–Trinajstić information content (AvgIpc) is 2.68. The van der Waals surface area contributed by atoms with Crippen LogP contribution in [0.1, 0.15) is 15.9 Å². The Morgan fingerprint density at radius 2 is 1.72 bits per heavy atom. The van der Waals surface area contributed by atoms with Crippen molar-refractivity contribution >= 4 is 22.8 Å². The Bertz CT molecular complexity index is 1160. The van der Waals surface area contributed by atoms with Crippen LogP contribution in [0.5, 0.6) is 5.75 Å². The molecular formula is C19H14F2N2O6. The number of para-hydroxylation sites is 1. The van der Waals surface area contributed by atoms with Gasteiger partial charge in [-0.05, 0) is 24.3 Å². The molecule has 3 rings (SSSR count). The lowest BCUT2D eigenvalue weighted by Gasteiger charge is -2.15. The molecule has 3 aromatic rings. The number of rotatable bonds is 6. The van der Waals surface area contributed by atoms with Gasteiger partial charge in [0.25, 0.3) is 11.5 Å². The standard InChI is InChI=1S/C19H14F2N2O6/c20-12-5-3-6-13(21)11(12)9-29-23-14-7-2-1-4-10(14)17(26)16(19(23)28)18(27)22-8-15(24)25/h1-7,26H,8-9H2,(H,22,27)(H,24,25). The lowest BCUT2D eigenvalue weighted by atomic mass is 10.1. The normalized spacial score (nSPS) is 10.7. The smallest absolute Gasteiger partial charge is 0.322 e. The van der Waals surface area contributed by atoms with Gasteiger partial charge in [0.2, 0.25) is 0 Å². The number of carbonyl (C=O) groups excluding carboxylic acids is 1. The van der Waals surface area contributed by atoms with Crippen molar-refractivity contribution in [1.29, 1.82) is 0 Å². The Morgan fingerprint density at radius 3 is 2.38 bits per heavy atom. The van der Waals surface area contributed by atoms with Gasteiger partial charge in [0, 0.05) is 5.39 Å². The van der Waals surface area contributed by atoms with Crippen molar-refractivity contribution < 1.29 is 33.4 Å². The summed E-state index contributed by atoms with van der Waals surface area (Å²) in [7, 11) is 0. The van der Waals surface area contributed by atoms with Gasteiger partial charge >= 0.3 is 5.97 Å². The summed E-state index contributed by atoms with van der Waals surface area (Å²) < 4.78 is 28.3. The number of benzene rings is 2. The third kappa shape index (κ3) is 3.86. The summed E-state index contributed by atoms with van der Waals surface area (Å²) in [5, 5.41) is 21.1. The van der Waals surface area contributed by atoms with E-state index in [1.807, 2.05) is 5.32 Å². The van der Waals surface area contributed by atoms with E-state index in [9.17, 15) is 28.3 Å². The second kappa shape index (κ2) is 7.97. The minimum Gasteiger partial charge on any atom is -0.506 e.